The second-order valence-electron chi connectivity index (χ2n) is 2.49. The van der Waals surface area contributed by atoms with Crippen LogP contribution in [0.4, 0.5) is 0 Å². The molecule has 0 radical (unpaired) electrons. The third-order valence-corrected chi connectivity index (χ3v) is 1.52. The Hall–Kier alpha value is -1.39. The quantitative estimate of drug-likeness (QED) is 0.691. The number of carboxylic acid groups (broad SMARTS) is 1. The Morgan fingerprint density at radius 3 is 2.75 bits per heavy atom. The third kappa shape index (κ3) is 1.81. The van der Waals surface area contributed by atoms with Gasteiger partial charge in [-0.2, -0.15) is 5.10 Å². The fraction of sp³-hybridized carbons (Fsp3) is 0.571. The molecule has 5 nitrogen and oxygen atoms in total. The van der Waals surface area contributed by atoms with Crippen molar-refractivity contribution in [2.45, 2.75) is 19.8 Å². The van der Waals surface area contributed by atoms with E-state index < -0.39 is 5.97 Å². The van der Waals surface area contributed by atoms with E-state index in [2.05, 4.69) is 10.1 Å². The molecule has 1 aromatic rings. The minimum absolute atomic E-state index is 0.0660. The summed E-state index contributed by atoms with van der Waals surface area (Å²) in [6.07, 6.45) is 0.664. The van der Waals surface area contributed by atoms with Gasteiger partial charge < -0.3 is 5.11 Å². The molecule has 1 aromatic heterocycles. The summed E-state index contributed by atoms with van der Waals surface area (Å²) in [4.78, 5) is 14.4. The van der Waals surface area contributed by atoms with Crippen LogP contribution < -0.4 is 0 Å². The maximum Gasteiger partial charge on any atom is 0.311 e. The fourth-order valence-corrected chi connectivity index (χ4v) is 0.914. The predicted octanol–water partition coefficient (Wildman–Crippen LogP) is 0.00460. The molecule has 0 bridgehead atoms. The third-order valence-electron chi connectivity index (χ3n) is 1.52. The van der Waals surface area contributed by atoms with Gasteiger partial charge in [-0.3, -0.25) is 9.48 Å². The standard InChI is InChI=1S/C7H11N3O2/c1-3-5-8-6(4-7(11)12)10(2)9-5/h3-4H2,1-2H3,(H,11,12). The largest absolute Gasteiger partial charge is 0.481 e. The van der Waals surface area contributed by atoms with Gasteiger partial charge in [-0.15, -0.1) is 0 Å². The van der Waals surface area contributed by atoms with Crippen molar-refractivity contribution in [3.05, 3.63) is 11.6 Å². The number of aryl methyl sites for hydroxylation is 2. The number of aromatic nitrogens is 3. The Morgan fingerprint density at radius 2 is 2.33 bits per heavy atom. The maximum atomic E-state index is 10.3. The van der Waals surface area contributed by atoms with E-state index in [1.165, 1.54) is 4.68 Å². The molecule has 0 spiro atoms. The lowest BCUT2D eigenvalue weighted by molar-refractivity contribution is -0.136. The van der Waals surface area contributed by atoms with Crippen molar-refractivity contribution in [2.75, 3.05) is 0 Å². The molecule has 66 valence electrons. The molecule has 12 heavy (non-hydrogen) atoms. The molecule has 0 fully saturated rings. The molecule has 0 unspecified atom stereocenters. The summed E-state index contributed by atoms with van der Waals surface area (Å²) in [6, 6.07) is 0. The molecule has 0 aliphatic heterocycles. The van der Waals surface area contributed by atoms with Crippen molar-refractivity contribution in [3.63, 3.8) is 0 Å². The lowest BCUT2D eigenvalue weighted by atomic mass is 10.4. The van der Waals surface area contributed by atoms with Crippen LogP contribution in [0.15, 0.2) is 0 Å². The lowest BCUT2D eigenvalue weighted by Gasteiger charge is -1.92. The molecule has 0 saturated carbocycles. The highest BCUT2D eigenvalue weighted by Gasteiger charge is 2.08. The Morgan fingerprint density at radius 1 is 1.67 bits per heavy atom. The number of aliphatic carboxylic acids is 1. The molecule has 0 aliphatic rings. The van der Waals surface area contributed by atoms with Gasteiger partial charge >= 0.3 is 5.97 Å². The number of rotatable bonds is 3. The Labute approximate surface area is 70.0 Å². The van der Waals surface area contributed by atoms with Gasteiger partial charge in [0.2, 0.25) is 0 Å². The van der Waals surface area contributed by atoms with Crippen LogP contribution in [0.25, 0.3) is 0 Å². The van der Waals surface area contributed by atoms with E-state index in [9.17, 15) is 4.79 Å². The first kappa shape index (κ1) is 8.70. The van der Waals surface area contributed by atoms with Crippen molar-refractivity contribution < 1.29 is 9.90 Å². The Bertz CT molecular complexity index is 293. The molecule has 0 aliphatic carbocycles. The normalized spacial score (nSPS) is 10.2. The zero-order chi connectivity index (χ0) is 9.14. The first-order valence-corrected chi connectivity index (χ1v) is 3.74. The summed E-state index contributed by atoms with van der Waals surface area (Å²) in [5.74, 6) is 0.307. The molecule has 0 atom stereocenters. The summed E-state index contributed by atoms with van der Waals surface area (Å²) >= 11 is 0. The van der Waals surface area contributed by atoms with Gasteiger partial charge in [0.05, 0.1) is 0 Å². The van der Waals surface area contributed by atoms with E-state index in [1.54, 1.807) is 7.05 Å². The zero-order valence-electron chi connectivity index (χ0n) is 7.11. The van der Waals surface area contributed by atoms with Crippen LogP contribution in [0.2, 0.25) is 0 Å². The second-order valence-corrected chi connectivity index (χ2v) is 2.49. The van der Waals surface area contributed by atoms with Crippen LogP contribution in [-0.2, 0) is 24.7 Å². The molecule has 1 rings (SSSR count). The van der Waals surface area contributed by atoms with Crippen LogP contribution in [0.1, 0.15) is 18.6 Å². The van der Waals surface area contributed by atoms with Crippen LogP contribution in [0.5, 0.6) is 0 Å². The molecule has 0 amide bonds. The number of carboxylic acids is 1. The first-order chi connectivity index (χ1) is 5.63. The first-order valence-electron chi connectivity index (χ1n) is 3.74. The van der Waals surface area contributed by atoms with Gasteiger partial charge in [0, 0.05) is 13.5 Å². The van der Waals surface area contributed by atoms with Gasteiger partial charge in [-0.25, -0.2) is 4.98 Å². The average molecular weight is 169 g/mol. The highest BCUT2D eigenvalue weighted by atomic mass is 16.4. The molecular formula is C7H11N3O2. The van der Waals surface area contributed by atoms with E-state index >= 15 is 0 Å². The van der Waals surface area contributed by atoms with Gasteiger partial charge in [-0.1, -0.05) is 6.92 Å². The summed E-state index contributed by atoms with van der Waals surface area (Å²) in [5.41, 5.74) is 0. The predicted molar refractivity (Wildman–Crippen MR) is 41.7 cm³/mol. The summed E-state index contributed by atoms with van der Waals surface area (Å²) in [6.45, 7) is 1.93. The van der Waals surface area contributed by atoms with Gasteiger partial charge in [-0.05, 0) is 0 Å². The summed E-state index contributed by atoms with van der Waals surface area (Å²) < 4.78 is 1.51. The SMILES string of the molecule is CCc1nc(CC(=O)O)n(C)n1. The van der Waals surface area contributed by atoms with Gasteiger partial charge in [0.1, 0.15) is 12.2 Å². The van der Waals surface area contributed by atoms with Crippen molar-refractivity contribution in [3.8, 4) is 0 Å². The molecule has 0 aromatic carbocycles. The second kappa shape index (κ2) is 3.34. The molecule has 0 saturated heterocycles. The van der Waals surface area contributed by atoms with Gasteiger partial charge in [0.15, 0.2) is 5.82 Å². The number of hydrogen-bond donors (Lipinski definition) is 1. The average Bonchev–Trinajstić information content (AvgIpc) is 2.31. The van der Waals surface area contributed by atoms with E-state index in [0.29, 0.717) is 11.6 Å². The molecular weight excluding hydrogens is 158 g/mol. The van der Waals surface area contributed by atoms with Crippen LogP contribution in [0, 0.1) is 0 Å². The summed E-state index contributed by atoms with van der Waals surface area (Å²) in [7, 11) is 1.70. The molecule has 5 heteroatoms. The minimum Gasteiger partial charge on any atom is -0.481 e. The van der Waals surface area contributed by atoms with Gasteiger partial charge in [0.25, 0.3) is 0 Å². The topological polar surface area (TPSA) is 68.0 Å². The van der Waals surface area contributed by atoms with E-state index in [4.69, 9.17) is 5.11 Å². The van der Waals surface area contributed by atoms with E-state index in [1.807, 2.05) is 6.92 Å². The van der Waals surface area contributed by atoms with Crippen LogP contribution in [0.3, 0.4) is 0 Å². The Balaban J connectivity index is 2.84. The molecule has 1 N–H and O–H groups in total. The van der Waals surface area contributed by atoms with Crippen molar-refractivity contribution in [1.29, 1.82) is 0 Å². The van der Waals surface area contributed by atoms with Crippen molar-refractivity contribution in [2.24, 2.45) is 7.05 Å². The zero-order valence-corrected chi connectivity index (χ0v) is 7.11. The monoisotopic (exact) mass is 169 g/mol. The van der Waals surface area contributed by atoms with Crippen molar-refractivity contribution >= 4 is 5.97 Å². The summed E-state index contributed by atoms with van der Waals surface area (Å²) in [5, 5.41) is 12.5. The number of nitrogens with zero attached hydrogens (tertiary/aromatic N) is 3. The Kier molecular flexibility index (Phi) is 2.42. The minimum atomic E-state index is -0.881. The van der Waals surface area contributed by atoms with Crippen LogP contribution in [-0.4, -0.2) is 25.8 Å². The number of carbonyl (C=O) groups is 1. The van der Waals surface area contributed by atoms with Crippen molar-refractivity contribution in [1.82, 2.24) is 14.8 Å². The maximum absolute atomic E-state index is 10.3. The van der Waals surface area contributed by atoms with E-state index in [0.717, 1.165) is 6.42 Å². The lowest BCUT2D eigenvalue weighted by Crippen LogP contribution is -2.06. The highest BCUT2D eigenvalue weighted by molar-refractivity contribution is 5.68. The molecule has 1 heterocycles. The van der Waals surface area contributed by atoms with Crippen LogP contribution >= 0.6 is 0 Å². The highest BCUT2D eigenvalue weighted by Crippen LogP contribution is 1.98. The van der Waals surface area contributed by atoms with E-state index in [-0.39, 0.29) is 6.42 Å². The smallest absolute Gasteiger partial charge is 0.311 e. The fourth-order valence-electron chi connectivity index (χ4n) is 0.914. The number of hydrogen-bond acceptors (Lipinski definition) is 3.